The van der Waals surface area contributed by atoms with Gasteiger partial charge in [-0.25, -0.2) is 22.0 Å². The molecule has 5 aliphatic carbocycles. The number of rotatable bonds is 35. The van der Waals surface area contributed by atoms with E-state index in [-0.39, 0.29) is 115 Å². The minimum atomic E-state index is -0.698. The van der Waals surface area contributed by atoms with Crippen LogP contribution in [0.25, 0.3) is 0 Å². The molecule has 17 rings (SSSR count). The van der Waals surface area contributed by atoms with Crippen LogP contribution in [-0.2, 0) is 39.6 Å². The van der Waals surface area contributed by atoms with Crippen LogP contribution in [0, 0.1) is 46.8 Å². The molecule has 6 aromatic carbocycles. The number of para-hydroxylation sites is 3. The van der Waals surface area contributed by atoms with Crippen molar-refractivity contribution in [3.63, 3.8) is 0 Å². The van der Waals surface area contributed by atoms with Gasteiger partial charge in [0, 0.05) is 110 Å². The highest BCUT2D eigenvalue weighted by Crippen LogP contribution is 2.32. The van der Waals surface area contributed by atoms with Gasteiger partial charge < -0.3 is 65.1 Å². The molecule has 0 radical (unpaired) electrons. The molecule has 12 aromatic rings. The predicted octanol–water partition coefficient (Wildman–Crippen LogP) is 22.9. The fourth-order valence-corrected chi connectivity index (χ4v) is 16.5. The highest BCUT2D eigenvalue weighted by atomic mass is 19.1. The molecule has 5 saturated carbocycles. The summed E-state index contributed by atoms with van der Waals surface area (Å²) in [6.07, 6.45) is 35.5. The standard InChI is InChI=1S/C22H28N2O3.C21H25FN2O2.C21H26N2O2.C17H16F2N2O2.C17H17FN2O2.C17H19FN2O2/c1-16(17-8-4-3-5-9-17)24-22(25)18-12-13-19(23-14-18)15-27-21-11-7-6-10-20(21)26-2;1-15(16-6-3-2-4-7-16)24-21(25)17-10-11-19(23-13-17)14-26-20-9-5-8-18(22)12-20;1-16(17-8-4-2-5-9-17)23-21(24)18-12-13-19(22-14-18)15-25-20-10-6-3-7-11-20;18-12-6-13(19)8-16(7-12)23-10-15-5-4-11(9-20-15)17(22)21-14-2-1-3-14;18-13-3-1-6-16(9-13)22-11-15-8-7-12(10-19-15)17(21)20-14-4-2-5-14;1-3-12(2)20-17(21)13-7-8-15(19-10-13)11-22-16-6-4-5-14(18)9-16/h6-7,10-14,16-17H,3-5,8-9,15H2,1-2H3,(H,24,25);5,8-13,15-16H,2-4,6-7,14H2,1H3,(H,24,25);3,6-7,10-14,16-17H,2,4-5,8-9,15H2,1H3,(H,23,24);4-9,14H,1-3,10H2,(H,21,22);1,3,6-10,14H,2,4-5,11H2,(H,20,21);4-10,12H,3,11H2,1-2H3,(H,20,21)/t16-;15-;16-;;;12-/m110..1/s1. The fourth-order valence-electron chi connectivity index (χ4n) is 16.5. The van der Waals surface area contributed by atoms with Gasteiger partial charge in [0.25, 0.3) is 35.4 Å². The van der Waals surface area contributed by atoms with E-state index in [9.17, 15) is 50.7 Å². The zero-order chi connectivity index (χ0) is 102. The van der Waals surface area contributed by atoms with Crippen LogP contribution >= 0.6 is 0 Å². The van der Waals surface area contributed by atoms with Crippen molar-refractivity contribution >= 4 is 35.4 Å². The van der Waals surface area contributed by atoms with E-state index in [0.717, 1.165) is 73.9 Å². The number of aromatic nitrogens is 6. The molecule has 5 fully saturated rings. The third kappa shape index (κ3) is 37.5. The SMILES string of the molecule is CC[C@@H](C)NC(=O)c1ccc(COc2cccc(F)c2)nc1.COc1ccccc1OCc1ccc(C(=O)N[C@H](C)C2CCCCC2)cn1.C[C@@H](NC(=O)c1ccc(COc2cccc(F)c2)nc1)C1CCCCC1.C[C@H](NC(=O)c1ccc(COc2ccccc2)nc1)C1CCCCC1.O=C(NC1CCC1)c1ccc(COc2cc(F)cc(F)c2)nc1.O=C(NC1CCC1)c1ccc(COc2cccc(F)c2)nc1. The van der Waals surface area contributed by atoms with Gasteiger partial charge in [0.2, 0.25) is 0 Å². The van der Waals surface area contributed by atoms with Crippen LogP contribution in [0.15, 0.2) is 256 Å². The summed E-state index contributed by atoms with van der Waals surface area (Å²) >= 11 is 0. The van der Waals surface area contributed by atoms with Gasteiger partial charge in [-0.3, -0.25) is 58.7 Å². The first kappa shape index (κ1) is 109. The molecule has 0 bridgehead atoms. The molecule has 6 aromatic heterocycles. The summed E-state index contributed by atoms with van der Waals surface area (Å²) < 4.78 is 104. The summed E-state index contributed by atoms with van der Waals surface area (Å²) in [5.74, 6) is 2.40. The number of hydrogen-bond acceptors (Lipinski definition) is 19. The van der Waals surface area contributed by atoms with Gasteiger partial charge in [0.1, 0.15) is 97.5 Å². The van der Waals surface area contributed by atoms with E-state index in [4.69, 9.17) is 33.2 Å². The molecule has 764 valence electrons. The molecule has 0 spiro atoms. The summed E-state index contributed by atoms with van der Waals surface area (Å²) in [6.45, 7) is 11.7. The predicted molar refractivity (Wildman–Crippen MR) is 544 cm³/mol. The minimum Gasteiger partial charge on any atom is -0.493 e. The van der Waals surface area contributed by atoms with Crippen LogP contribution in [0.2, 0.25) is 0 Å². The van der Waals surface area contributed by atoms with Gasteiger partial charge in [-0.1, -0.05) is 113 Å². The van der Waals surface area contributed by atoms with Crippen LogP contribution in [-0.4, -0.2) is 109 Å². The van der Waals surface area contributed by atoms with E-state index in [1.54, 1.807) is 117 Å². The van der Waals surface area contributed by atoms with Gasteiger partial charge in [-0.05, 0) is 262 Å². The number of carbonyl (C=O) groups excluding carboxylic acids is 6. The van der Waals surface area contributed by atoms with Crippen molar-refractivity contribution in [2.45, 2.75) is 252 Å². The summed E-state index contributed by atoms with van der Waals surface area (Å²) in [7, 11) is 1.61. The molecular formula is C115H131F5N12O13. The van der Waals surface area contributed by atoms with Gasteiger partial charge in [-0.2, -0.15) is 0 Å². The Kier molecular flexibility index (Phi) is 43.8. The third-order valence-electron chi connectivity index (χ3n) is 25.9. The summed E-state index contributed by atoms with van der Waals surface area (Å²) in [5, 5.41) is 18.1. The van der Waals surface area contributed by atoms with E-state index in [1.165, 1.54) is 158 Å². The first-order chi connectivity index (χ1) is 70.4. The number of nitrogens with zero attached hydrogens (tertiary/aromatic N) is 6. The second-order valence-corrected chi connectivity index (χ2v) is 36.9. The van der Waals surface area contributed by atoms with Crippen molar-refractivity contribution < 1.29 is 83.9 Å². The molecule has 145 heavy (non-hydrogen) atoms. The molecular weight excluding hydrogens is 1850 g/mol. The topological polar surface area (TPSA) is 317 Å². The Bertz CT molecular complexity index is 5880. The number of amides is 6. The summed E-state index contributed by atoms with van der Waals surface area (Å²) in [6, 6.07) is 60.3. The van der Waals surface area contributed by atoms with E-state index in [2.05, 4.69) is 82.6 Å². The van der Waals surface area contributed by atoms with Crippen molar-refractivity contribution in [1.82, 2.24) is 61.8 Å². The van der Waals surface area contributed by atoms with Crippen molar-refractivity contribution in [3.8, 4) is 40.2 Å². The van der Waals surface area contributed by atoms with E-state index < -0.39 is 11.6 Å². The maximum atomic E-state index is 13.1. The second kappa shape index (κ2) is 58.2. The number of ether oxygens (including phenoxy) is 7. The van der Waals surface area contributed by atoms with Crippen molar-refractivity contribution in [3.05, 3.63) is 352 Å². The van der Waals surface area contributed by atoms with Gasteiger partial charge >= 0.3 is 0 Å². The maximum Gasteiger partial charge on any atom is 0.253 e. The number of nitrogens with one attached hydrogen (secondary N) is 6. The zero-order valence-corrected chi connectivity index (χ0v) is 83.1. The number of benzene rings is 6. The number of pyridine rings is 6. The molecule has 4 atom stereocenters. The highest BCUT2D eigenvalue weighted by molar-refractivity contribution is 5.97. The fraction of sp³-hybridized carbons (Fsp3) is 0.374. The van der Waals surface area contributed by atoms with E-state index >= 15 is 0 Å². The molecule has 5 aliphatic rings. The Morgan fingerprint density at radius 2 is 0.559 bits per heavy atom. The lowest BCUT2D eigenvalue weighted by molar-refractivity contribution is 0.0908. The smallest absolute Gasteiger partial charge is 0.253 e. The van der Waals surface area contributed by atoms with Gasteiger partial charge in [0.15, 0.2) is 11.5 Å². The Labute approximate surface area is 845 Å². The van der Waals surface area contributed by atoms with Crippen LogP contribution in [0.3, 0.4) is 0 Å². The first-order valence-electron chi connectivity index (χ1n) is 50.1. The van der Waals surface area contributed by atoms with Crippen molar-refractivity contribution in [2.24, 2.45) is 17.8 Å². The average Bonchev–Trinajstić information content (AvgIpc) is 0.871. The molecule has 6 N–H and O–H groups in total. The monoisotopic (exact) mass is 1980 g/mol. The third-order valence-corrected chi connectivity index (χ3v) is 25.9. The highest BCUT2D eigenvalue weighted by Gasteiger charge is 2.28. The Morgan fingerprint density at radius 3 is 0.848 bits per heavy atom. The summed E-state index contributed by atoms with van der Waals surface area (Å²) in [5.41, 5.74) is 7.44. The van der Waals surface area contributed by atoms with Crippen LogP contribution in [0.4, 0.5) is 22.0 Å². The van der Waals surface area contributed by atoms with Crippen LogP contribution in [0.5, 0.6) is 40.2 Å². The largest absolute Gasteiger partial charge is 0.493 e. The zero-order valence-electron chi connectivity index (χ0n) is 83.1. The Balaban J connectivity index is 0.000000155. The van der Waals surface area contributed by atoms with E-state index in [0.29, 0.717) is 122 Å². The molecule has 25 nitrogen and oxygen atoms in total. The molecule has 0 saturated heterocycles. The number of hydrogen-bond donors (Lipinski definition) is 6. The minimum absolute atomic E-state index is 0.0406. The normalized spacial score (nSPS) is 14.8. The molecule has 30 heteroatoms. The van der Waals surface area contributed by atoms with Crippen LogP contribution < -0.4 is 65.1 Å². The first-order valence-corrected chi connectivity index (χ1v) is 50.1. The van der Waals surface area contributed by atoms with E-state index in [1.807, 2.05) is 86.6 Å². The average molecular weight is 1980 g/mol. The van der Waals surface area contributed by atoms with Crippen molar-refractivity contribution in [2.75, 3.05) is 7.11 Å². The van der Waals surface area contributed by atoms with Gasteiger partial charge in [-0.15, -0.1) is 0 Å². The molecule has 6 amide bonds. The lowest BCUT2D eigenvalue weighted by atomic mass is 9.84. The lowest BCUT2D eigenvalue weighted by Gasteiger charge is -2.28. The second-order valence-electron chi connectivity index (χ2n) is 36.9. The Hall–Kier alpha value is -14.7. The maximum absolute atomic E-state index is 13.1. The molecule has 0 unspecified atom stereocenters. The van der Waals surface area contributed by atoms with Crippen LogP contribution in [0.1, 0.15) is 272 Å². The lowest BCUT2D eigenvalue weighted by Crippen LogP contribution is -2.39. The summed E-state index contributed by atoms with van der Waals surface area (Å²) in [4.78, 5) is 98.6. The number of halogens is 5. The molecule has 0 aliphatic heterocycles. The quantitative estimate of drug-likeness (QED) is 0.0201. The number of carbonyl (C=O) groups is 6. The Morgan fingerprint density at radius 1 is 0.283 bits per heavy atom. The molecule has 6 heterocycles. The number of methoxy groups -OCH3 is 1. The van der Waals surface area contributed by atoms with Crippen molar-refractivity contribution in [1.29, 1.82) is 0 Å². The van der Waals surface area contributed by atoms with Gasteiger partial charge in [0.05, 0.1) is 74.7 Å².